The van der Waals surface area contributed by atoms with Crippen LogP contribution in [0.25, 0.3) is 0 Å². The molecular formula is C14H20N2O3. The molecule has 0 radical (unpaired) electrons. The van der Waals surface area contributed by atoms with Crippen molar-refractivity contribution in [3.63, 3.8) is 0 Å². The minimum absolute atomic E-state index is 0.134. The Balaban J connectivity index is 1.84. The monoisotopic (exact) mass is 264 g/mol. The van der Waals surface area contributed by atoms with E-state index in [9.17, 15) is 15.0 Å². The van der Waals surface area contributed by atoms with Crippen molar-refractivity contribution in [2.24, 2.45) is 0 Å². The molecule has 0 spiro atoms. The first-order valence-corrected chi connectivity index (χ1v) is 6.55. The maximum atomic E-state index is 11.8. The van der Waals surface area contributed by atoms with Gasteiger partial charge in [-0.2, -0.15) is 0 Å². The van der Waals surface area contributed by atoms with Gasteiger partial charge in [-0.3, -0.25) is 9.69 Å². The van der Waals surface area contributed by atoms with Crippen LogP contribution in [0.3, 0.4) is 0 Å². The zero-order valence-electron chi connectivity index (χ0n) is 11.0. The second-order valence-corrected chi connectivity index (χ2v) is 4.93. The SMILES string of the molecule is CCc1ccc(NC(=O)CN2C[C@@H](O)[C@@H](O)C2)cc1. The molecule has 5 heteroatoms. The second-order valence-electron chi connectivity index (χ2n) is 4.93. The van der Waals surface area contributed by atoms with Crippen LogP contribution in [0.1, 0.15) is 12.5 Å². The molecule has 1 fully saturated rings. The van der Waals surface area contributed by atoms with E-state index >= 15 is 0 Å². The molecule has 5 nitrogen and oxygen atoms in total. The highest BCUT2D eigenvalue weighted by Gasteiger charge is 2.30. The molecule has 19 heavy (non-hydrogen) atoms. The highest BCUT2D eigenvalue weighted by Crippen LogP contribution is 2.12. The third kappa shape index (κ3) is 3.76. The zero-order chi connectivity index (χ0) is 13.8. The molecular weight excluding hydrogens is 244 g/mol. The third-order valence-electron chi connectivity index (χ3n) is 3.35. The fourth-order valence-corrected chi connectivity index (χ4v) is 2.20. The summed E-state index contributed by atoms with van der Waals surface area (Å²) in [5, 5.41) is 21.6. The van der Waals surface area contributed by atoms with Crippen LogP contribution in [0, 0.1) is 0 Å². The maximum absolute atomic E-state index is 11.8. The maximum Gasteiger partial charge on any atom is 0.238 e. The Kier molecular flexibility index (Phi) is 4.52. The molecule has 2 atom stereocenters. The molecule has 0 unspecified atom stereocenters. The minimum atomic E-state index is -0.753. The summed E-state index contributed by atoms with van der Waals surface area (Å²) in [7, 11) is 0. The molecule has 1 amide bonds. The molecule has 1 aliphatic rings. The number of hydrogen-bond acceptors (Lipinski definition) is 4. The van der Waals surface area contributed by atoms with Crippen LogP contribution >= 0.6 is 0 Å². The van der Waals surface area contributed by atoms with Gasteiger partial charge in [-0.05, 0) is 24.1 Å². The second kappa shape index (κ2) is 6.14. The lowest BCUT2D eigenvalue weighted by Gasteiger charge is -2.14. The van der Waals surface area contributed by atoms with Gasteiger partial charge in [0.2, 0.25) is 5.91 Å². The van der Waals surface area contributed by atoms with Crippen molar-refractivity contribution >= 4 is 11.6 Å². The Morgan fingerprint density at radius 3 is 2.37 bits per heavy atom. The summed E-state index contributed by atoms with van der Waals surface area (Å²) in [5.41, 5.74) is 1.99. The van der Waals surface area contributed by atoms with Crippen molar-refractivity contribution < 1.29 is 15.0 Å². The molecule has 1 aliphatic heterocycles. The van der Waals surface area contributed by atoms with E-state index < -0.39 is 12.2 Å². The highest BCUT2D eigenvalue weighted by molar-refractivity contribution is 5.92. The molecule has 0 aliphatic carbocycles. The van der Waals surface area contributed by atoms with Gasteiger partial charge in [0.25, 0.3) is 0 Å². The Bertz CT molecular complexity index is 423. The van der Waals surface area contributed by atoms with Crippen molar-refractivity contribution in [1.82, 2.24) is 4.90 Å². The molecule has 1 aromatic rings. The first-order chi connectivity index (χ1) is 9.08. The van der Waals surface area contributed by atoms with E-state index in [0.717, 1.165) is 12.1 Å². The number of carbonyl (C=O) groups is 1. The molecule has 2 rings (SSSR count). The number of aliphatic hydroxyl groups excluding tert-OH is 2. The summed E-state index contributed by atoms with van der Waals surface area (Å²) in [5.74, 6) is -0.134. The molecule has 1 aromatic carbocycles. The van der Waals surface area contributed by atoms with Crippen LogP contribution in [0.5, 0.6) is 0 Å². The van der Waals surface area contributed by atoms with E-state index in [1.54, 1.807) is 4.90 Å². The van der Waals surface area contributed by atoms with Crippen molar-refractivity contribution in [2.75, 3.05) is 25.0 Å². The van der Waals surface area contributed by atoms with Crippen LogP contribution in [-0.2, 0) is 11.2 Å². The molecule has 0 saturated carbocycles. The van der Waals surface area contributed by atoms with Gasteiger partial charge >= 0.3 is 0 Å². The van der Waals surface area contributed by atoms with Gasteiger partial charge in [0.15, 0.2) is 0 Å². The molecule has 104 valence electrons. The van der Waals surface area contributed by atoms with Crippen molar-refractivity contribution in [3.8, 4) is 0 Å². The summed E-state index contributed by atoms with van der Waals surface area (Å²) < 4.78 is 0. The van der Waals surface area contributed by atoms with Gasteiger partial charge < -0.3 is 15.5 Å². The molecule has 0 bridgehead atoms. The first-order valence-electron chi connectivity index (χ1n) is 6.55. The highest BCUT2D eigenvalue weighted by atomic mass is 16.3. The zero-order valence-corrected chi connectivity index (χ0v) is 11.0. The van der Waals surface area contributed by atoms with Crippen molar-refractivity contribution in [3.05, 3.63) is 29.8 Å². The van der Waals surface area contributed by atoms with Gasteiger partial charge in [0.1, 0.15) is 0 Å². The fourth-order valence-electron chi connectivity index (χ4n) is 2.20. The Hall–Kier alpha value is -1.43. The number of aliphatic hydroxyl groups is 2. The van der Waals surface area contributed by atoms with E-state index in [1.807, 2.05) is 24.3 Å². The lowest BCUT2D eigenvalue weighted by Crippen LogP contribution is -2.32. The summed E-state index contributed by atoms with van der Waals surface area (Å²) in [6.45, 7) is 2.94. The number of nitrogens with zero attached hydrogens (tertiary/aromatic N) is 1. The van der Waals surface area contributed by atoms with Crippen LogP contribution in [-0.4, -0.2) is 52.9 Å². The average Bonchev–Trinajstić information content (AvgIpc) is 2.69. The van der Waals surface area contributed by atoms with Crippen LogP contribution in [0.4, 0.5) is 5.69 Å². The van der Waals surface area contributed by atoms with Gasteiger partial charge in [-0.1, -0.05) is 19.1 Å². The largest absolute Gasteiger partial charge is 0.389 e. The number of amides is 1. The Morgan fingerprint density at radius 1 is 1.26 bits per heavy atom. The number of nitrogens with one attached hydrogen (secondary N) is 1. The molecule has 1 saturated heterocycles. The summed E-state index contributed by atoms with van der Waals surface area (Å²) in [4.78, 5) is 13.6. The smallest absolute Gasteiger partial charge is 0.238 e. The Morgan fingerprint density at radius 2 is 1.84 bits per heavy atom. The normalized spacial score (nSPS) is 23.5. The van der Waals surface area contributed by atoms with Crippen molar-refractivity contribution in [1.29, 1.82) is 0 Å². The topological polar surface area (TPSA) is 72.8 Å². The average molecular weight is 264 g/mol. The van der Waals surface area contributed by atoms with Gasteiger partial charge in [-0.15, -0.1) is 0 Å². The predicted molar refractivity (Wildman–Crippen MR) is 72.9 cm³/mol. The summed E-state index contributed by atoms with van der Waals surface area (Å²) in [6.07, 6.45) is -0.536. The Labute approximate surface area is 112 Å². The van der Waals surface area contributed by atoms with Crippen LogP contribution in [0.15, 0.2) is 24.3 Å². The van der Waals surface area contributed by atoms with E-state index in [4.69, 9.17) is 0 Å². The summed E-state index contributed by atoms with van der Waals surface area (Å²) >= 11 is 0. The number of β-amino-alcohol motifs (C(OH)–C–C–N with tert-alkyl or cyclic N) is 2. The fraction of sp³-hybridized carbons (Fsp3) is 0.500. The quantitative estimate of drug-likeness (QED) is 0.727. The number of carbonyl (C=O) groups excluding carboxylic acids is 1. The number of anilines is 1. The molecule has 3 N–H and O–H groups in total. The van der Waals surface area contributed by atoms with Crippen molar-refractivity contribution in [2.45, 2.75) is 25.6 Å². The third-order valence-corrected chi connectivity index (χ3v) is 3.35. The minimum Gasteiger partial charge on any atom is -0.389 e. The summed E-state index contributed by atoms with van der Waals surface area (Å²) in [6, 6.07) is 7.73. The number of hydrogen-bond donors (Lipinski definition) is 3. The molecule has 1 heterocycles. The van der Waals surface area contributed by atoms with E-state index in [-0.39, 0.29) is 12.5 Å². The predicted octanol–water partition coefficient (Wildman–Crippen LogP) is 0.225. The lowest BCUT2D eigenvalue weighted by molar-refractivity contribution is -0.117. The van der Waals surface area contributed by atoms with E-state index in [0.29, 0.717) is 13.1 Å². The molecule has 0 aromatic heterocycles. The van der Waals surface area contributed by atoms with E-state index in [2.05, 4.69) is 12.2 Å². The first kappa shape index (κ1) is 14.0. The number of rotatable bonds is 4. The number of likely N-dealkylation sites (tertiary alicyclic amines) is 1. The van der Waals surface area contributed by atoms with Gasteiger partial charge in [0.05, 0.1) is 18.8 Å². The van der Waals surface area contributed by atoms with E-state index in [1.165, 1.54) is 5.56 Å². The standard InChI is InChI=1S/C14H20N2O3/c1-2-10-3-5-11(6-4-10)15-14(19)9-16-7-12(17)13(18)8-16/h3-6,12-13,17-18H,2,7-9H2,1H3,(H,15,19)/t12-,13+. The van der Waals surface area contributed by atoms with Crippen LogP contribution in [0.2, 0.25) is 0 Å². The van der Waals surface area contributed by atoms with Crippen LogP contribution < -0.4 is 5.32 Å². The number of benzene rings is 1. The number of aryl methyl sites for hydroxylation is 1. The lowest BCUT2D eigenvalue weighted by atomic mass is 10.1. The van der Waals surface area contributed by atoms with Gasteiger partial charge in [-0.25, -0.2) is 0 Å². The van der Waals surface area contributed by atoms with Gasteiger partial charge in [0, 0.05) is 18.8 Å².